The summed E-state index contributed by atoms with van der Waals surface area (Å²) in [6.07, 6.45) is 3.30. The van der Waals surface area contributed by atoms with Gasteiger partial charge < -0.3 is 30.1 Å². The first-order valence-corrected chi connectivity index (χ1v) is 20.3. The number of hydrogen-bond donors (Lipinski definition) is 4. The standard InChI is InChI=1S/C45H58F4N6O4/c1-27(29-14-16-31(17-15-29)33-24-51-37(53-33)35(41(5,6)7)55-39(57)43(9)19-21-45(48,49)26-59-43)22-28-10-12-30(13-11-28)32-23-50-36(52-32)34(40(2,3)4)54-38(56)42(8)18-20-44(46,47)25-58-42/h10-17,23-24,27,34-35H,18-22,25-26H2,1-9H3,(H,50,52)(H,51,53)(H,54,56)(H,55,57)/t27-,34+,35+,42+,43+/m0/s1. The largest absolute Gasteiger partial charge is 0.359 e. The van der Waals surface area contributed by atoms with Crippen LogP contribution in [0.25, 0.3) is 22.5 Å². The van der Waals surface area contributed by atoms with Gasteiger partial charge in [0, 0.05) is 12.8 Å². The van der Waals surface area contributed by atoms with E-state index in [-0.39, 0.29) is 18.8 Å². The minimum Gasteiger partial charge on any atom is -0.359 e. The quantitative estimate of drug-likeness (QED) is 0.111. The lowest BCUT2D eigenvalue weighted by Crippen LogP contribution is -2.54. The maximum absolute atomic E-state index is 13.8. The fourth-order valence-electron chi connectivity index (χ4n) is 7.52. The van der Waals surface area contributed by atoms with Gasteiger partial charge in [0.15, 0.2) is 0 Å². The molecule has 5 atom stereocenters. The molecular formula is C45H58F4N6O4. The Labute approximate surface area is 344 Å². The Morgan fingerprint density at radius 1 is 0.678 bits per heavy atom. The van der Waals surface area contributed by atoms with Crippen LogP contribution in [0.5, 0.6) is 0 Å². The highest BCUT2D eigenvalue weighted by atomic mass is 19.3. The molecule has 0 saturated carbocycles. The van der Waals surface area contributed by atoms with Crippen LogP contribution in [0.4, 0.5) is 17.6 Å². The van der Waals surface area contributed by atoms with Crippen molar-refractivity contribution in [2.45, 2.75) is 135 Å². The summed E-state index contributed by atoms with van der Waals surface area (Å²) in [6, 6.07) is 15.5. The number of rotatable bonds is 11. The number of alkyl halides is 4. The normalized spacial score (nSPS) is 23.5. The number of ether oxygens (including phenoxy) is 2. The first-order chi connectivity index (χ1) is 27.4. The van der Waals surface area contributed by atoms with E-state index in [0.29, 0.717) is 11.6 Å². The van der Waals surface area contributed by atoms with Gasteiger partial charge in [-0.3, -0.25) is 9.59 Å². The van der Waals surface area contributed by atoms with E-state index in [1.165, 1.54) is 5.56 Å². The molecule has 2 aliphatic rings. The van der Waals surface area contributed by atoms with Gasteiger partial charge in [-0.15, -0.1) is 0 Å². The zero-order chi connectivity index (χ0) is 43.2. The van der Waals surface area contributed by atoms with Crippen LogP contribution in [0, 0.1) is 10.8 Å². The van der Waals surface area contributed by atoms with Crippen LogP contribution in [0.1, 0.15) is 129 Å². The van der Waals surface area contributed by atoms with E-state index in [1.54, 1.807) is 26.2 Å². The van der Waals surface area contributed by atoms with Crippen molar-refractivity contribution in [2.75, 3.05) is 13.2 Å². The number of hydrogen-bond acceptors (Lipinski definition) is 6. The predicted octanol–water partition coefficient (Wildman–Crippen LogP) is 9.63. The molecule has 6 rings (SSSR count). The van der Waals surface area contributed by atoms with Crippen LogP contribution in [0.2, 0.25) is 0 Å². The number of aromatic amines is 2. The van der Waals surface area contributed by atoms with Crippen molar-refractivity contribution in [1.29, 1.82) is 0 Å². The molecule has 0 aliphatic carbocycles. The van der Waals surface area contributed by atoms with Gasteiger partial charge in [-0.05, 0) is 72.1 Å². The summed E-state index contributed by atoms with van der Waals surface area (Å²) in [4.78, 5) is 42.7. The van der Waals surface area contributed by atoms with Gasteiger partial charge in [0.25, 0.3) is 23.7 Å². The van der Waals surface area contributed by atoms with Gasteiger partial charge in [0.1, 0.15) is 36.1 Å². The van der Waals surface area contributed by atoms with Gasteiger partial charge >= 0.3 is 0 Å². The van der Waals surface area contributed by atoms with Crippen molar-refractivity contribution in [2.24, 2.45) is 10.8 Å². The second-order valence-corrected chi connectivity index (χ2v) is 19.1. The monoisotopic (exact) mass is 822 g/mol. The van der Waals surface area contributed by atoms with Crippen molar-refractivity contribution in [1.82, 2.24) is 30.6 Å². The minimum atomic E-state index is -2.94. The van der Waals surface area contributed by atoms with Gasteiger partial charge in [-0.2, -0.15) is 0 Å². The fourth-order valence-corrected chi connectivity index (χ4v) is 7.52. The zero-order valence-electron chi connectivity index (χ0n) is 35.5. The highest BCUT2D eigenvalue weighted by molar-refractivity contribution is 5.86. The molecule has 2 aliphatic heterocycles. The summed E-state index contributed by atoms with van der Waals surface area (Å²) in [6.45, 7) is 15.6. The van der Waals surface area contributed by atoms with Crippen molar-refractivity contribution in [3.63, 3.8) is 0 Å². The maximum Gasteiger partial charge on any atom is 0.271 e. The predicted molar refractivity (Wildman–Crippen MR) is 218 cm³/mol. The van der Waals surface area contributed by atoms with Crippen LogP contribution in [0.3, 0.4) is 0 Å². The number of amides is 2. The van der Waals surface area contributed by atoms with Crippen molar-refractivity contribution in [3.8, 4) is 22.5 Å². The second-order valence-electron chi connectivity index (χ2n) is 19.1. The number of imidazole rings is 2. The number of nitrogens with one attached hydrogen (secondary N) is 4. The lowest BCUT2D eigenvalue weighted by molar-refractivity contribution is -0.190. The molecule has 10 nitrogen and oxygen atoms in total. The maximum atomic E-state index is 13.8. The summed E-state index contributed by atoms with van der Waals surface area (Å²) >= 11 is 0. The van der Waals surface area contributed by atoms with Crippen LogP contribution in [-0.2, 0) is 25.5 Å². The average Bonchev–Trinajstić information content (AvgIpc) is 3.86. The zero-order valence-corrected chi connectivity index (χ0v) is 35.5. The molecule has 4 heterocycles. The lowest BCUT2D eigenvalue weighted by atomic mass is 9.85. The number of benzene rings is 2. The van der Waals surface area contributed by atoms with E-state index in [4.69, 9.17) is 9.47 Å². The number of nitrogens with zero attached hydrogens (tertiary/aromatic N) is 2. The van der Waals surface area contributed by atoms with E-state index in [0.717, 1.165) is 34.5 Å². The SMILES string of the molecule is C[C@@H](Cc1ccc(-c2cnc([C@@H](NC(=O)[C@@]3(C)CCC(F)(F)CO3)C(C)(C)C)[nH]2)cc1)c1ccc(-c2cnc([C@@H](NC(=O)[C@@]3(C)CCC(F)(F)CO3)C(C)(C)C)[nH]2)cc1. The Kier molecular flexibility index (Phi) is 12.0. The molecule has 0 radical (unpaired) electrons. The summed E-state index contributed by atoms with van der Waals surface area (Å²) in [5.74, 6) is -5.41. The molecule has 0 spiro atoms. The second kappa shape index (κ2) is 16.1. The molecule has 2 aromatic carbocycles. The molecule has 0 unspecified atom stereocenters. The van der Waals surface area contributed by atoms with Crippen LogP contribution < -0.4 is 10.6 Å². The first-order valence-electron chi connectivity index (χ1n) is 20.3. The van der Waals surface area contributed by atoms with Crippen molar-refractivity contribution in [3.05, 3.63) is 83.7 Å². The summed E-state index contributed by atoms with van der Waals surface area (Å²) in [7, 11) is 0. The molecular weight excluding hydrogens is 765 g/mol. The van der Waals surface area contributed by atoms with Gasteiger partial charge in [-0.25, -0.2) is 27.5 Å². The van der Waals surface area contributed by atoms with Crippen LogP contribution in [0.15, 0.2) is 60.9 Å². The van der Waals surface area contributed by atoms with Crippen LogP contribution >= 0.6 is 0 Å². The molecule has 59 heavy (non-hydrogen) atoms. The lowest BCUT2D eigenvalue weighted by Gasteiger charge is -2.38. The number of carbonyl (C=O) groups excluding carboxylic acids is 2. The summed E-state index contributed by atoms with van der Waals surface area (Å²) in [5.41, 5.74) is 2.18. The number of halogens is 4. The average molecular weight is 823 g/mol. The highest BCUT2D eigenvalue weighted by Crippen LogP contribution is 2.39. The molecule has 4 aromatic rings. The molecule has 2 amide bonds. The van der Waals surface area contributed by atoms with Crippen molar-refractivity contribution < 1.29 is 36.6 Å². The van der Waals surface area contributed by atoms with E-state index >= 15 is 0 Å². The van der Waals surface area contributed by atoms with Gasteiger partial charge in [0.2, 0.25) is 0 Å². The molecule has 14 heteroatoms. The fraction of sp³-hybridized carbons (Fsp3) is 0.556. The Morgan fingerprint density at radius 3 is 1.42 bits per heavy atom. The Morgan fingerprint density at radius 2 is 1.07 bits per heavy atom. The van der Waals surface area contributed by atoms with Gasteiger partial charge in [-0.1, -0.05) is 97.0 Å². The molecule has 320 valence electrons. The Bertz CT molecular complexity index is 2080. The molecule has 0 bridgehead atoms. The first kappa shape index (κ1) is 44.0. The third-order valence-corrected chi connectivity index (χ3v) is 11.7. The topological polar surface area (TPSA) is 134 Å². The Hall–Kier alpha value is -4.56. The van der Waals surface area contributed by atoms with Crippen molar-refractivity contribution >= 4 is 11.8 Å². The van der Waals surface area contributed by atoms with E-state index in [9.17, 15) is 27.2 Å². The molecule has 4 N–H and O–H groups in total. The number of carbonyl (C=O) groups is 2. The highest BCUT2D eigenvalue weighted by Gasteiger charge is 2.48. The summed E-state index contributed by atoms with van der Waals surface area (Å²) in [5, 5.41) is 6.04. The number of H-pyrrole nitrogens is 2. The third-order valence-electron chi connectivity index (χ3n) is 11.7. The summed E-state index contributed by atoms with van der Waals surface area (Å²) < 4.78 is 65.8. The minimum absolute atomic E-state index is 0.0785. The third kappa shape index (κ3) is 10.3. The molecule has 2 fully saturated rings. The van der Waals surface area contributed by atoms with E-state index < -0.39 is 83.8 Å². The molecule has 2 saturated heterocycles. The van der Waals surface area contributed by atoms with E-state index in [1.807, 2.05) is 65.8 Å². The molecule has 2 aromatic heterocycles. The number of aromatic nitrogens is 4. The Balaban J connectivity index is 1.07. The van der Waals surface area contributed by atoms with Gasteiger partial charge in [0.05, 0.1) is 35.9 Å². The van der Waals surface area contributed by atoms with E-state index in [2.05, 4.69) is 61.8 Å². The smallest absolute Gasteiger partial charge is 0.271 e. The van der Waals surface area contributed by atoms with Crippen LogP contribution in [-0.4, -0.2) is 68.0 Å².